The van der Waals surface area contributed by atoms with E-state index in [0.717, 1.165) is 42.4 Å². The van der Waals surface area contributed by atoms with Crippen molar-refractivity contribution in [2.45, 2.75) is 51.5 Å². The van der Waals surface area contributed by atoms with Crippen LogP contribution < -0.4 is 5.32 Å². The number of carbonyl (C=O) groups excluding carboxylic acids is 1. The van der Waals surface area contributed by atoms with Crippen LogP contribution in [0.25, 0.3) is 5.57 Å². The van der Waals surface area contributed by atoms with Crippen molar-refractivity contribution in [3.63, 3.8) is 0 Å². The molecule has 0 aromatic heterocycles. The van der Waals surface area contributed by atoms with Crippen LogP contribution in [0.2, 0.25) is 5.02 Å². The molecule has 4 heteroatoms. The molecule has 3 nitrogen and oxygen atoms in total. The third kappa shape index (κ3) is 2.24. The molecular formula is C17H20ClNO2. The highest BCUT2D eigenvalue weighted by atomic mass is 35.5. The molecule has 0 saturated heterocycles. The van der Waals surface area contributed by atoms with E-state index in [1.165, 1.54) is 6.42 Å². The molecule has 0 bridgehead atoms. The highest BCUT2D eigenvalue weighted by Gasteiger charge is 2.46. The Balaban J connectivity index is 2.15. The van der Waals surface area contributed by atoms with Gasteiger partial charge in [0.05, 0.1) is 11.1 Å². The van der Waals surface area contributed by atoms with Gasteiger partial charge in [0.15, 0.2) is 0 Å². The monoisotopic (exact) mass is 305 g/mol. The molecular weight excluding hydrogens is 286 g/mol. The summed E-state index contributed by atoms with van der Waals surface area (Å²) in [6, 6.07) is 3.67. The number of carbonyl (C=O) groups is 1. The Kier molecular flexibility index (Phi) is 3.48. The fraction of sp³-hybridized carbons (Fsp3) is 0.471. The number of hydrogen-bond donors (Lipinski definition) is 2. The van der Waals surface area contributed by atoms with Crippen molar-refractivity contribution in [1.29, 1.82) is 0 Å². The summed E-state index contributed by atoms with van der Waals surface area (Å²) in [5, 5.41) is 14.5. The second-order valence-electron chi connectivity index (χ2n) is 6.24. The number of hydrogen-bond acceptors (Lipinski definition) is 2. The van der Waals surface area contributed by atoms with E-state index in [1.54, 1.807) is 0 Å². The molecule has 0 radical (unpaired) electrons. The van der Waals surface area contributed by atoms with Gasteiger partial charge in [0.1, 0.15) is 5.76 Å². The van der Waals surface area contributed by atoms with Gasteiger partial charge >= 0.3 is 0 Å². The quantitative estimate of drug-likeness (QED) is 0.822. The molecule has 1 spiro atoms. The van der Waals surface area contributed by atoms with Crippen LogP contribution in [0.4, 0.5) is 0 Å². The highest BCUT2D eigenvalue weighted by Crippen LogP contribution is 2.42. The lowest BCUT2D eigenvalue weighted by molar-refractivity contribution is -0.116. The normalized spacial score (nSPS) is 21.0. The first-order chi connectivity index (χ1) is 9.94. The minimum absolute atomic E-state index is 0.164. The molecule has 1 aliphatic heterocycles. The zero-order valence-corrected chi connectivity index (χ0v) is 13.2. The SMILES string of the molecule is Cc1cc(Cl)cc(C)c1C1=C(O)C2(CCCCC2)NC1=O. The molecule has 2 aliphatic rings. The molecule has 0 unspecified atom stereocenters. The Hall–Kier alpha value is -1.48. The summed E-state index contributed by atoms with van der Waals surface area (Å²) in [4.78, 5) is 12.5. The Morgan fingerprint density at radius 1 is 1.14 bits per heavy atom. The molecule has 1 saturated carbocycles. The Morgan fingerprint density at radius 3 is 2.29 bits per heavy atom. The summed E-state index contributed by atoms with van der Waals surface area (Å²) in [6.45, 7) is 3.85. The van der Waals surface area contributed by atoms with Gasteiger partial charge in [-0.15, -0.1) is 0 Å². The summed E-state index contributed by atoms with van der Waals surface area (Å²) in [7, 11) is 0. The van der Waals surface area contributed by atoms with Crippen LogP contribution in [-0.2, 0) is 4.79 Å². The molecule has 1 amide bonds. The van der Waals surface area contributed by atoms with E-state index in [1.807, 2.05) is 26.0 Å². The van der Waals surface area contributed by atoms with Gasteiger partial charge in [0.25, 0.3) is 5.91 Å². The molecule has 3 rings (SSSR count). The topological polar surface area (TPSA) is 49.3 Å². The van der Waals surface area contributed by atoms with Crippen molar-refractivity contribution in [2.24, 2.45) is 0 Å². The number of nitrogens with one attached hydrogen (secondary N) is 1. The van der Waals surface area contributed by atoms with E-state index < -0.39 is 5.54 Å². The number of halogens is 1. The molecule has 0 atom stereocenters. The largest absolute Gasteiger partial charge is 0.509 e. The highest BCUT2D eigenvalue weighted by molar-refractivity contribution is 6.31. The van der Waals surface area contributed by atoms with E-state index in [0.29, 0.717) is 10.6 Å². The Bertz CT molecular complexity index is 619. The number of aliphatic hydroxyl groups excluding tert-OH is 1. The van der Waals surface area contributed by atoms with Crippen LogP contribution in [0.1, 0.15) is 48.8 Å². The van der Waals surface area contributed by atoms with Crippen molar-refractivity contribution in [2.75, 3.05) is 0 Å². The number of amides is 1. The number of aryl methyl sites for hydroxylation is 2. The smallest absolute Gasteiger partial charge is 0.256 e. The standard InChI is InChI=1S/C17H20ClNO2/c1-10-8-12(18)9-11(2)13(10)14-15(20)17(19-16(14)21)6-4-3-5-7-17/h8-9,20H,3-7H2,1-2H3,(H,19,21). The van der Waals surface area contributed by atoms with E-state index in [9.17, 15) is 9.90 Å². The molecule has 112 valence electrons. The average Bonchev–Trinajstić information content (AvgIpc) is 2.63. The third-order valence-corrected chi connectivity index (χ3v) is 4.94. The fourth-order valence-electron chi connectivity index (χ4n) is 3.74. The van der Waals surface area contributed by atoms with E-state index in [4.69, 9.17) is 11.6 Å². The summed E-state index contributed by atoms with van der Waals surface area (Å²) >= 11 is 6.06. The van der Waals surface area contributed by atoms with Crippen LogP contribution in [0, 0.1) is 13.8 Å². The van der Waals surface area contributed by atoms with E-state index in [-0.39, 0.29) is 11.7 Å². The first-order valence-corrected chi connectivity index (χ1v) is 7.86. The predicted octanol–water partition coefficient (Wildman–Crippen LogP) is 4.06. The van der Waals surface area contributed by atoms with Gasteiger partial charge in [-0.25, -0.2) is 0 Å². The lowest BCUT2D eigenvalue weighted by Crippen LogP contribution is -2.46. The van der Waals surface area contributed by atoms with Gasteiger partial charge in [-0.1, -0.05) is 30.9 Å². The zero-order chi connectivity index (χ0) is 15.2. The Morgan fingerprint density at radius 2 is 1.71 bits per heavy atom. The Labute approximate surface area is 130 Å². The van der Waals surface area contributed by atoms with Crippen LogP contribution >= 0.6 is 11.6 Å². The van der Waals surface area contributed by atoms with Crippen molar-refractivity contribution in [3.8, 4) is 0 Å². The lowest BCUT2D eigenvalue weighted by atomic mass is 9.80. The first-order valence-electron chi connectivity index (χ1n) is 7.48. The molecule has 1 heterocycles. The van der Waals surface area contributed by atoms with E-state index in [2.05, 4.69) is 5.32 Å². The third-order valence-electron chi connectivity index (χ3n) is 4.72. The second kappa shape index (κ2) is 5.06. The van der Waals surface area contributed by atoms with Crippen molar-refractivity contribution in [1.82, 2.24) is 5.32 Å². The maximum atomic E-state index is 12.5. The van der Waals surface area contributed by atoms with Gasteiger partial charge in [-0.2, -0.15) is 0 Å². The molecule has 21 heavy (non-hydrogen) atoms. The van der Waals surface area contributed by atoms with Gasteiger partial charge in [-0.05, 0) is 55.5 Å². The van der Waals surface area contributed by atoms with Crippen molar-refractivity contribution >= 4 is 23.1 Å². The minimum atomic E-state index is -0.539. The lowest BCUT2D eigenvalue weighted by Gasteiger charge is -2.33. The molecule has 1 aromatic carbocycles. The van der Waals surface area contributed by atoms with Gasteiger partial charge < -0.3 is 10.4 Å². The van der Waals surface area contributed by atoms with Crippen LogP contribution in [0.15, 0.2) is 17.9 Å². The van der Waals surface area contributed by atoms with Crippen molar-refractivity contribution < 1.29 is 9.90 Å². The van der Waals surface area contributed by atoms with E-state index >= 15 is 0 Å². The summed E-state index contributed by atoms with van der Waals surface area (Å²) < 4.78 is 0. The molecule has 1 aliphatic carbocycles. The van der Waals surface area contributed by atoms with Gasteiger partial charge in [-0.3, -0.25) is 4.79 Å². The number of rotatable bonds is 1. The summed E-state index contributed by atoms with van der Waals surface area (Å²) in [5.74, 6) is 0.0589. The zero-order valence-electron chi connectivity index (χ0n) is 12.4. The second-order valence-corrected chi connectivity index (χ2v) is 6.67. The first kappa shape index (κ1) is 14.5. The predicted molar refractivity (Wildman–Crippen MR) is 84.4 cm³/mol. The van der Waals surface area contributed by atoms with Gasteiger partial charge in [0.2, 0.25) is 0 Å². The molecule has 1 aromatic rings. The van der Waals surface area contributed by atoms with Crippen LogP contribution in [0.5, 0.6) is 0 Å². The fourth-order valence-corrected chi connectivity index (χ4v) is 4.07. The maximum absolute atomic E-state index is 12.5. The molecule has 1 fully saturated rings. The van der Waals surface area contributed by atoms with Crippen LogP contribution in [-0.4, -0.2) is 16.6 Å². The summed E-state index contributed by atoms with van der Waals surface area (Å²) in [5.41, 5.74) is 2.55. The van der Waals surface area contributed by atoms with Crippen molar-refractivity contribution in [3.05, 3.63) is 39.6 Å². The van der Waals surface area contributed by atoms with Crippen LogP contribution in [0.3, 0.4) is 0 Å². The van der Waals surface area contributed by atoms with Gasteiger partial charge in [0, 0.05) is 5.02 Å². The maximum Gasteiger partial charge on any atom is 0.256 e. The molecule has 2 N–H and O–H groups in total. The average molecular weight is 306 g/mol. The minimum Gasteiger partial charge on any atom is -0.509 e. The number of benzene rings is 1. The summed E-state index contributed by atoms with van der Waals surface area (Å²) in [6.07, 6.45) is 4.88. The number of aliphatic hydroxyl groups is 1.